The van der Waals surface area contributed by atoms with Crippen LogP contribution in [0.1, 0.15) is 30.9 Å². The van der Waals surface area contributed by atoms with Crippen LogP contribution in [0.2, 0.25) is 0 Å². The third-order valence-corrected chi connectivity index (χ3v) is 4.62. The second-order valence-electron chi connectivity index (χ2n) is 5.98. The van der Waals surface area contributed by atoms with E-state index in [9.17, 15) is 15.0 Å². The Morgan fingerprint density at radius 3 is 2.86 bits per heavy atom. The summed E-state index contributed by atoms with van der Waals surface area (Å²) >= 11 is 0. The highest BCUT2D eigenvalue weighted by Crippen LogP contribution is 2.41. The Kier molecular flexibility index (Phi) is 3.51. The molecule has 0 unspecified atom stereocenters. The molecule has 3 rings (SSSR count). The zero-order valence-corrected chi connectivity index (χ0v) is 11.7. The van der Waals surface area contributed by atoms with E-state index < -0.39 is 17.5 Å². The zero-order valence-electron chi connectivity index (χ0n) is 11.7. The molecule has 1 aliphatic heterocycles. The van der Waals surface area contributed by atoms with Crippen LogP contribution in [-0.4, -0.2) is 35.4 Å². The number of aliphatic hydroxyl groups is 1. The maximum Gasteiger partial charge on any atom is 0.310 e. The van der Waals surface area contributed by atoms with Crippen molar-refractivity contribution < 1.29 is 19.7 Å². The molecule has 0 saturated heterocycles. The van der Waals surface area contributed by atoms with Crippen LogP contribution in [0.3, 0.4) is 0 Å². The Bertz CT molecular complexity index is 557. The SMILES string of the molecule is Nc1ccc2c(c1)OC[C@@H](NCC1(C(=O)O)CCC1)[C@H]2O. The number of hydrogen-bond donors (Lipinski definition) is 4. The summed E-state index contributed by atoms with van der Waals surface area (Å²) in [6, 6.07) is 4.86. The number of nitrogen functional groups attached to an aromatic ring is 1. The average molecular weight is 292 g/mol. The Morgan fingerprint density at radius 2 is 2.24 bits per heavy atom. The summed E-state index contributed by atoms with van der Waals surface area (Å²) in [5, 5.41) is 22.9. The summed E-state index contributed by atoms with van der Waals surface area (Å²) in [5.74, 6) is -0.169. The van der Waals surface area contributed by atoms with Crippen molar-refractivity contribution in [1.29, 1.82) is 0 Å². The lowest BCUT2D eigenvalue weighted by Crippen LogP contribution is -2.52. The van der Waals surface area contributed by atoms with Gasteiger partial charge in [0.25, 0.3) is 0 Å². The maximum atomic E-state index is 11.3. The first-order valence-corrected chi connectivity index (χ1v) is 7.19. The smallest absolute Gasteiger partial charge is 0.310 e. The van der Waals surface area contributed by atoms with E-state index in [4.69, 9.17) is 10.5 Å². The number of fused-ring (bicyclic) bond motifs is 1. The van der Waals surface area contributed by atoms with Gasteiger partial charge in [-0.3, -0.25) is 4.79 Å². The van der Waals surface area contributed by atoms with E-state index in [2.05, 4.69) is 5.32 Å². The topological polar surface area (TPSA) is 105 Å². The van der Waals surface area contributed by atoms with Crippen LogP contribution < -0.4 is 15.8 Å². The van der Waals surface area contributed by atoms with Crippen molar-refractivity contribution in [3.05, 3.63) is 23.8 Å². The highest BCUT2D eigenvalue weighted by molar-refractivity contribution is 5.76. The molecule has 6 heteroatoms. The number of aliphatic carboxylic acids is 1. The minimum absolute atomic E-state index is 0.299. The third kappa shape index (κ3) is 2.45. The fraction of sp³-hybridized carbons (Fsp3) is 0.533. The van der Waals surface area contributed by atoms with Gasteiger partial charge in [-0.25, -0.2) is 0 Å². The first-order chi connectivity index (χ1) is 10.0. The molecule has 5 N–H and O–H groups in total. The van der Waals surface area contributed by atoms with Crippen LogP contribution in [0.5, 0.6) is 5.75 Å². The molecule has 0 radical (unpaired) electrons. The summed E-state index contributed by atoms with van der Waals surface area (Å²) in [6.45, 7) is 0.658. The Morgan fingerprint density at radius 1 is 1.48 bits per heavy atom. The molecule has 2 atom stereocenters. The van der Waals surface area contributed by atoms with E-state index >= 15 is 0 Å². The third-order valence-electron chi connectivity index (χ3n) is 4.62. The molecule has 0 amide bonds. The van der Waals surface area contributed by atoms with Gasteiger partial charge < -0.3 is 26.0 Å². The monoisotopic (exact) mass is 292 g/mol. The van der Waals surface area contributed by atoms with Crippen molar-refractivity contribution in [2.45, 2.75) is 31.4 Å². The van der Waals surface area contributed by atoms with Gasteiger partial charge in [0.15, 0.2) is 0 Å². The van der Waals surface area contributed by atoms with Crippen LogP contribution in [0.4, 0.5) is 5.69 Å². The molecule has 0 bridgehead atoms. The van der Waals surface area contributed by atoms with Crippen LogP contribution >= 0.6 is 0 Å². The van der Waals surface area contributed by atoms with Gasteiger partial charge in [-0.1, -0.05) is 12.5 Å². The van der Waals surface area contributed by atoms with E-state index in [0.717, 1.165) is 6.42 Å². The van der Waals surface area contributed by atoms with Gasteiger partial charge in [-0.05, 0) is 18.9 Å². The Labute approximate surface area is 122 Å². The van der Waals surface area contributed by atoms with Gasteiger partial charge >= 0.3 is 5.97 Å². The average Bonchev–Trinajstić information content (AvgIpc) is 2.39. The predicted molar refractivity (Wildman–Crippen MR) is 77.0 cm³/mol. The molecule has 2 aliphatic rings. The van der Waals surface area contributed by atoms with Crippen LogP contribution in [0.25, 0.3) is 0 Å². The second kappa shape index (κ2) is 5.20. The molecule has 1 heterocycles. The summed E-state index contributed by atoms with van der Waals surface area (Å²) in [6.07, 6.45) is 1.60. The van der Waals surface area contributed by atoms with Gasteiger partial charge in [0, 0.05) is 23.9 Å². The summed E-state index contributed by atoms with van der Waals surface area (Å²) in [4.78, 5) is 11.3. The number of nitrogens with two attached hydrogens (primary N) is 1. The van der Waals surface area contributed by atoms with E-state index in [1.54, 1.807) is 18.2 Å². The number of hydrogen-bond acceptors (Lipinski definition) is 5. The van der Waals surface area contributed by atoms with Crippen molar-refractivity contribution in [2.24, 2.45) is 5.41 Å². The Balaban J connectivity index is 1.68. The fourth-order valence-corrected chi connectivity index (χ4v) is 2.97. The highest BCUT2D eigenvalue weighted by atomic mass is 16.5. The number of rotatable bonds is 4. The standard InChI is InChI=1S/C15H20N2O4/c16-9-2-3-10-12(6-9)21-7-11(13(10)18)17-8-15(14(19)20)4-1-5-15/h2-3,6,11,13,17-18H,1,4-5,7-8,16H2,(H,19,20)/t11-,13+/m1/s1. The predicted octanol–water partition coefficient (Wildman–Crippen LogP) is 0.908. The van der Waals surface area contributed by atoms with Gasteiger partial charge in [-0.15, -0.1) is 0 Å². The second-order valence-corrected chi connectivity index (χ2v) is 5.98. The minimum Gasteiger partial charge on any atom is -0.491 e. The molecular formula is C15H20N2O4. The number of carboxylic acid groups (broad SMARTS) is 1. The lowest BCUT2D eigenvalue weighted by atomic mass is 9.68. The van der Waals surface area contributed by atoms with Crippen molar-refractivity contribution in [1.82, 2.24) is 5.32 Å². The van der Waals surface area contributed by atoms with Gasteiger partial charge in [-0.2, -0.15) is 0 Å². The molecule has 114 valence electrons. The summed E-state index contributed by atoms with van der Waals surface area (Å²) in [5.41, 5.74) is 6.29. The number of carbonyl (C=O) groups is 1. The van der Waals surface area contributed by atoms with E-state index in [-0.39, 0.29) is 6.04 Å². The van der Waals surface area contributed by atoms with E-state index in [1.807, 2.05) is 0 Å². The quantitative estimate of drug-likeness (QED) is 0.615. The molecule has 1 aromatic carbocycles. The number of anilines is 1. The van der Waals surface area contributed by atoms with Crippen molar-refractivity contribution in [2.75, 3.05) is 18.9 Å². The number of ether oxygens (including phenoxy) is 1. The van der Waals surface area contributed by atoms with Crippen molar-refractivity contribution in [3.8, 4) is 5.75 Å². The van der Waals surface area contributed by atoms with Gasteiger partial charge in [0.2, 0.25) is 0 Å². The summed E-state index contributed by atoms with van der Waals surface area (Å²) in [7, 11) is 0. The van der Waals surface area contributed by atoms with E-state index in [0.29, 0.717) is 43.0 Å². The first kappa shape index (κ1) is 14.2. The Hall–Kier alpha value is -1.79. The van der Waals surface area contributed by atoms with Crippen LogP contribution in [-0.2, 0) is 4.79 Å². The molecule has 6 nitrogen and oxygen atoms in total. The highest BCUT2D eigenvalue weighted by Gasteiger charge is 2.45. The molecule has 1 saturated carbocycles. The molecule has 1 fully saturated rings. The lowest BCUT2D eigenvalue weighted by Gasteiger charge is -2.40. The molecule has 0 spiro atoms. The van der Waals surface area contributed by atoms with E-state index in [1.165, 1.54) is 0 Å². The maximum absolute atomic E-state index is 11.3. The zero-order chi connectivity index (χ0) is 15.0. The molecule has 1 aliphatic carbocycles. The van der Waals surface area contributed by atoms with Gasteiger partial charge in [0.05, 0.1) is 11.5 Å². The number of carboxylic acids is 1. The van der Waals surface area contributed by atoms with Crippen molar-refractivity contribution in [3.63, 3.8) is 0 Å². The van der Waals surface area contributed by atoms with Crippen LogP contribution in [0, 0.1) is 5.41 Å². The number of benzene rings is 1. The largest absolute Gasteiger partial charge is 0.491 e. The summed E-state index contributed by atoms with van der Waals surface area (Å²) < 4.78 is 5.61. The fourth-order valence-electron chi connectivity index (χ4n) is 2.97. The van der Waals surface area contributed by atoms with Crippen molar-refractivity contribution >= 4 is 11.7 Å². The van der Waals surface area contributed by atoms with Crippen LogP contribution in [0.15, 0.2) is 18.2 Å². The first-order valence-electron chi connectivity index (χ1n) is 7.19. The minimum atomic E-state index is -0.763. The lowest BCUT2D eigenvalue weighted by molar-refractivity contribution is -0.154. The van der Waals surface area contributed by atoms with Gasteiger partial charge in [0.1, 0.15) is 18.5 Å². The number of nitrogens with one attached hydrogen (secondary N) is 1. The molecule has 0 aromatic heterocycles. The molecule has 21 heavy (non-hydrogen) atoms. The molecular weight excluding hydrogens is 272 g/mol. The number of aliphatic hydroxyl groups excluding tert-OH is 1. The molecule has 1 aromatic rings. The normalized spacial score (nSPS) is 26.3.